The third-order valence-electron chi connectivity index (χ3n) is 7.20. The first-order valence-electron chi connectivity index (χ1n) is 11.5. The smallest absolute Gasteiger partial charge is 0.0991 e. The average molecular weight is 412 g/mol. The number of likely N-dealkylation sites (tertiary alicyclic amines) is 1. The van der Waals surface area contributed by atoms with Crippen LogP contribution < -0.4 is 5.32 Å². The Bertz CT molecular complexity index is 1010. The lowest BCUT2D eigenvalue weighted by Gasteiger charge is -2.32. The number of nitrogens with one attached hydrogen (secondary N) is 1. The molecule has 2 aromatic carbocycles. The third-order valence-corrected chi connectivity index (χ3v) is 7.20. The van der Waals surface area contributed by atoms with Crippen LogP contribution in [0.3, 0.4) is 0 Å². The van der Waals surface area contributed by atoms with Crippen LogP contribution in [0.15, 0.2) is 55.8 Å². The molecule has 4 rings (SSSR count). The first-order chi connectivity index (χ1) is 15.0. The molecule has 1 heterocycles. The Morgan fingerprint density at radius 3 is 2.55 bits per heavy atom. The summed E-state index contributed by atoms with van der Waals surface area (Å²) in [6, 6.07) is 15.3. The highest BCUT2D eigenvalue weighted by atomic mass is 15.2. The highest BCUT2D eigenvalue weighted by Gasteiger charge is 2.28. The van der Waals surface area contributed by atoms with E-state index < -0.39 is 0 Å². The SMILES string of the molecule is C=CNC(C)c1cc(C(=C)N2CCC(c3ccc(C#N)cc3)C2)c(C)cc1C1CCC1. The number of hydrogen-bond acceptors (Lipinski definition) is 3. The first kappa shape index (κ1) is 21.2. The minimum absolute atomic E-state index is 0.241. The van der Waals surface area contributed by atoms with Crippen molar-refractivity contribution < 1.29 is 0 Å². The summed E-state index contributed by atoms with van der Waals surface area (Å²) in [4.78, 5) is 2.43. The van der Waals surface area contributed by atoms with Crippen LogP contribution in [0.1, 0.15) is 83.9 Å². The Labute approximate surface area is 187 Å². The Hall–Kier alpha value is -2.99. The van der Waals surface area contributed by atoms with Crippen molar-refractivity contribution in [3.05, 3.63) is 89.1 Å². The molecular formula is C28H33N3. The van der Waals surface area contributed by atoms with E-state index in [9.17, 15) is 0 Å². The topological polar surface area (TPSA) is 39.1 Å². The molecule has 2 fully saturated rings. The Morgan fingerprint density at radius 1 is 1.19 bits per heavy atom. The summed E-state index contributed by atoms with van der Waals surface area (Å²) in [7, 11) is 0. The van der Waals surface area contributed by atoms with E-state index in [1.54, 1.807) is 6.20 Å². The van der Waals surface area contributed by atoms with Gasteiger partial charge in [0, 0.05) is 36.3 Å². The van der Waals surface area contributed by atoms with Gasteiger partial charge in [0.25, 0.3) is 0 Å². The lowest BCUT2D eigenvalue weighted by atomic mass is 9.76. The zero-order chi connectivity index (χ0) is 22.0. The van der Waals surface area contributed by atoms with E-state index in [0.717, 1.165) is 30.8 Å². The van der Waals surface area contributed by atoms with Crippen molar-refractivity contribution >= 4 is 5.70 Å². The lowest BCUT2D eigenvalue weighted by Crippen LogP contribution is -2.21. The highest BCUT2D eigenvalue weighted by Crippen LogP contribution is 2.42. The van der Waals surface area contributed by atoms with E-state index >= 15 is 0 Å². The fourth-order valence-electron chi connectivity index (χ4n) is 5.05. The average Bonchev–Trinajstić information content (AvgIpc) is 3.23. The summed E-state index contributed by atoms with van der Waals surface area (Å²) in [5.41, 5.74) is 8.63. The zero-order valence-electron chi connectivity index (χ0n) is 18.8. The highest BCUT2D eigenvalue weighted by molar-refractivity contribution is 5.67. The summed E-state index contributed by atoms with van der Waals surface area (Å²) >= 11 is 0. The maximum atomic E-state index is 9.05. The number of rotatable bonds is 7. The molecule has 31 heavy (non-hydrogen) atoms. The number of hydrogen-bond donors (Lipinski definition) is 1. The zero-order valence-corrected chi connectivity index (χ0v) is 18.8. The van der Waals surface area contributed by atoms with Crippen molar-refractivity contribution in [3.63, 3.8) is 0 Å². The normalized spacial score (nSPS) is 19.4. The molecule has 1 saturated heterocycles. The van der Waals surface area contributed by atoms with Crippen molar-refractivity contribution in [2.75, 3.05) is 13.1 Å². The van der Waals surface area contributed by atoms with Gasteiger partial charge in [0.2, 0.25) is 0 Å². The number of benzene rings is 2. The van der Waals surface area contributed by atoms with Gasteiger partial charge in [-0.05, 0) is 85.7 Å². The third kappa shape index (κ3) is 4.26. The molecule has 0 radical (unpaired) electrons. The molecule has 1 aliphatic carbocycles. The van der Waals surface area contributed by atoms with Gasteiger partial charge in [-0.25, -0.2) is 0 Å². The van der Waals surface area contributed by atoms with Gasteiger partial charge in [-0.1, -0.05) is 37.8 Å². The molecule has 3 heteroatoms. The maximum absolute atomic E-state index is 9.05. The van der Waals surface area contributed by atoms with Crippen LogP contribution in [0.5, 0.6) is 0 Å². The summed E-state index contributed by atoms with van der Waals surface area (Å²) < 4.78 is 0. The second-order valence-electron chi connectivity index (χ2n) is 9.13. The van der Waals surface area contributed by atoms with Crippen LogP contribution >= 0.6 is 0 Å². The first-order valence-corrected chi connectivity index (χ1v) is 11.5. The Kier molecular flexibility index (Phi) is 6.18. The molecule has 1 N–H and O–H groups in total. The molecule has 2 aromatic rings. The van der Waals surface area contributed by atoms with Crippen LogP contribution in [0, 0.1) is 18.3 Å². The van der Waals surface area contributed by atoms with Crippen LogP contribution in [-0.4, -0.2) is 18.0 Å². The van der Waals surface area contributed by atoms with E-state index in [0.29, 0.717) is 11.8 Å². The molecule has 1 aliphatic heterocycles. The molecule has 3 nitrogen and oxygen atoms in total. The lowest BCUT2D eigenvalue weighted by molar-refractivity contribution is 0.414. The van der Waals surface area contributed by atoms with Crippen molar-refractivity contribution in [2.45, 2.75) is 57.4 Å². The fraction of sp³-hybridized carbons (Fsp3) is 0.393. The molecule has 0 bridgehead atoms. The van der Waals surface area contributed by atoms with Crippen molar-refractivity contribution in [2.24, 2.45) is 0 Å². The monoisotopic (exact) mass is 411 g/mol. The minimum atomic E-state index is 0.241. The molecule has 0 spiro atoms. The minimum Gasteiger partial charge on any atom is -0.385 e. The van der Waals surface area contributed by atoms with Crippen molar-refractivity contribution in [1.29, 1.82) is 5.26 Å². The van der Waals surface area contributed by atoms with Crippen LogP contribution in [0.4, 0.5) is 0 Å². The van der Waals surface area contributed by atoms with E-state index in [-0.39, 0.29) is 6.04 Å². The molecule has 2 aliphatic rings. The predicted molar refractivity (Wildman–Crippen MR) is 129 cm³/mol. The predicted octanol–water partition coefficient (Wildman–Crippen LogP) is 6.39. The molecule has 0 aromatic heterocycles. The quantitative estimate of drug-likeness (QED) is 0.574. The fourth-order valence-corrected chi connectivity index (χ4v) is 5.05. The summed E-state index contributed by atoms with van der Waals surface area (Å²) in [6.45, 7) is 14.8. The maximum Gasteiger partial charge on any atom is 0.0991 e. The van der Waals surface area contributed by atoms with Crippen LogP contribution in [-0.2, 0) is 0 Å². The summed E-state index contributed by atoms with van der Waals surface area (Å²) in [5.74, 6) is 1.18. The molecule has 0 amide bonds. The van der Waals surface area contributed by atoms with E-state index in [1.807, 2.05) is 12.1 Å². The Morgan fingerprint density at radius 2 is 1.94 bits per heavy atom. The van der Waals surface area contributed by atoms with Gasteiger partial charge in [-0.2, -0.15) is 5.26 Å². The van der Waals surface area contributed by atoms with E-state index in [4.69, 9.17) is 5.26 Å². The van der Waals surface area contributed by atoms with Crippen LogP contribution in [0.2, 0.25) is 0 Å². The number of nitrogens with zero attached hydrogens (tertiary/aromatic N) is 2. The van der Waals surface area contributed by atoms with Crippen LogP contribution in [0.25, 0.3) is 5.70 Å². The largest absolute Gasteiger partial charge is 0.385 e. The van der Waals surface area contributed by atoms with Gasteiger partial charge in [0.05, 0.1) is 11.6 Å². The molecular weight excluding hydrogens is 378 g/mol. The Balaban J connectivity index is 1.57. The summed E-state index contributed by atoms with van der Waals surface area (Å²) in [6.07, 6.45) is 6.85. The van der Waals surface area contributed by atoms with Crippen molar-refractivity contribution in [3.8, 4) is 6.07 Å². The van der Waals surface area contributed by atoms with Gasteiger partial charge in [-0.3, -0.25) is 0 Å². The van der Waals surface area contributed by atoms with Gasteiger partial charge < -0.3 is 10.2 Å². The second-order valence-corrected chi connectivity index (χ2v) is 9.13. The number of aryl methyl sites for hydroxylation is 1. The van der Waals surface area contributed by atoms with Gasteiger partial charge in [0.1, 0.15) is 0 Å². The summed E-state index contributed by atoms with van der Waals surface area (Å²) in [5, 5.41) is 12.4. The molecule has 1 saturated carbocycles. The van der Waals surface area contributed by atoms with Gasteiger partial charge >= 0.3 is 0 Å². The number of nitriles is 1. The van der Waals surface area contributed by atoms with E-state index in [2.05, 4.69) is 67.6 Å². The van der Waals surface area contributed by atoms with Crippen molar-refractivity contribution in [1.82, 2.24) is 10.2 Å². The van der Waals surface area contributed by atoms with Gasteiger partial charge in [-0.15, -0.1) is 0 Å². The van der Waals surface area contributed by atoms with E-state index in [1.165, 1.54) is 47.1 Å². The van der Waals surface area contributed by atoms with Gasteiger partial charge in [0.15, 0.2) is 0 Å². The standard InChI is InChI=1S/C28H33N3/c1-5-30-20(3)27-16-26(19(2)15-28(27)24-7-6-8-24)21(4)31-14-13-25(18-31)23-11-9-22(17-29)10-12-23/h5,9-12,15-16,20,24-25,30H,1,4,6-8,13-14,18H2,2-3H3. The molecule has 160 valence electrons. The molecule has 2 unspecified atom stereocenters. The molecule has 2 atom stereocenters. The second kappa shape index (κ2) is 9.02.